The monoisotopic (exact) mass is 298 g/mol. The van der Waals surface area contributed by atoms with Gasteiger partial charge in [-0.05, 0) is 17.7 Å². The predicted octanol–water partition coefficient (Wildman–Crippen LogP) is 2.52. The van der Waals surface area contributed by atoms with Crippen LogP contribution in [-0.4, -0.2) is 44.5 Å². The van der Waals surface area contributed by atoms with Gasteiger partial charge in [-0.2, -0.15) is 0 Å². The van der Waals surface area contributed by atoms with E-state index in [4.69, 9.17) is 14.5 Å². The van der Waals surface area contributed by atoms with E-state index in [2.05, 4.69) is 47.4 Å². The third-order valence-corrected chi connectivity index (χ3v) is 4.16. The van der Waals surface area contributed by atoms with Crippen molar-refractivity contribution in [3.63, 3.8) is 0 Å². The Balaban J connectivity index is 1.74. The van der Waals surface area contributed by atoms with E-state index in [9.17, 15) is 0 Å². The van der Waals surface area contributed by atoms with Gasteiger partial charge < -0.3 is 14.4 Å². The number of nitrogens with zero attached hydrogens (tertiary/aromatic N) is 2. The number of aromatic nitrogens is 1. The number of hydrogen-bond acceptors (Lipinski definition) is 4. The molecule has 2 heterocycles. The normalized spacial score (nSPS) is 21.3. The molecule has 1 aromatic heterocycles. The van der Waals surface area contributed by atoms with E-state index in [0.717, 1.165) is 31.0 Å². The molecule has 4 nitrogen and oxygen atoms in total. The van der Waals surface area contributed by atoms with Gasteiger partial charge >= 0.3 is 0 Å². The minimum absolute atomic E-state index is 0.101. The van der Waals surface area contributed by atoms with Crippen LogP contribution in [0.4, 0.5) is 5.82 Å². The Labute approximate surface area is 131 Å². The van der Waals surface area contributed by atoms with Gasteiger partial charge in [0.1, 0.15) is 18.0 Å². The smallest absolute Gasteiger partial charge is 0.128 e. The highest BCUT2D eigenvalue weighted by Crippen LogP contribution is 2.22. The second-order valence-electron chi connectivity index (χ2n) is 5.60. The molecule has 1 aliphatic rings. The van der Waals surface area contributed by atoms with Gasteiger partial charge in [0, 0.05) is 39.4 Å². The van der Waals surface area contributed by atoms with Crippen LogP contribution in [-0.2, 0) is 15.9 Å². The molecule has 1 aromatic carbocycles. The van der Waals surface area contributed by atoms with Gasteiger partial charge in [-0.25, -0.2) is 4.98 Å². The molecule has 1 fully saturated rings. The van der Waals surface area contributed by atoms with E-state index >= 15 is 0 Å². The van der Waals surface area contributed by atoms with Crippen molar-refractivity contribution >= 4 is 5.82 Å². The molecule has 1 aliphatic heterocycles. The summed E-state index contributed by atoms with van der Waals surface area (Å²) in [5.74, 6) is 0.995. The van der Waals surface area contributed by atoms with Gasteiger partial charge in [-0.1, -0.05) is 36.4 Å². The lowest BCUT2D eigenvalue weighted by Gasteiger charge is -2.17. The van der Waals surface area contributed by atoms with Gasteiger partial charge in [0.2, 0.25) is 0 Å². The fraction of sp³-hybridized carbons (Fsp3) is 0.389. The van der Waals surface area contributed by atoms with Crippen molar-refractivity contribution in [1.29, 1.82) is 0 Å². The summed E-state index contributed by atoms with van der Waals surface area (Å²) >= 11 is 0. The fourth-order valence-electron chi connectivity index (χ4n) is 2.93. The summed E-state index contributed by atoms with van der Waals surface area (Å²) in [5.41, 5.74) is 2.36. The van der Waals surface area contributed by atoms with Gasteiger partial charge in [0.15, 0.2) is 0 Å². The molecule has 0 aliphatic carbocycles. The standard InChI is InChI=1S/C18H22N2O2/c1-21-16-12-20(13-17(16)22-2)18-10-6-9-15(19-18)11-14-7-4-3-5-8-14/h3-10,16-17H,11-13H2,1-2H3/t16-,17+. The Bertz CT molecular complexity index is 591. The SMILES string of the molecule is CO[C@H]1CN(c2cccc(Cc3ccccc3)n2)C[C@H]1OC. The largest absolute Gasteiger partial charge is 0.377 e. The van der Waals surface area contributed by atoms with Gasteiger partial charge in [0.25, 0.3) is 0 Å². The summed E-state index contributed by atoms with van der Waals surface area (Å²) in [6.07, 6.45) is 1.05. The molecule has 22 heavy (non-hydrogen) atoms. The second-order valence-corrected chi connectivity index (χ2v) is 5.60. The summed E-state index contributed by atoms with van der Waals surface area (Å²) in [6.45, 7) is 1.63. The number of benzene rings is 1. The molecular weight excluding hydrogens is 276 g/mol. The average Bonchev–Trinajstić information content (AvgIpc) is 2.99. The van der Waals surface area contributed by atoms with Crippen LogP contribution in [0.15, 0.2) is 48.5 Å². The van der Waals surface area contributed by atoms with Crippen LogP contribution in [0.5, 0.6) is 0 Å². The Morgan fingerprint density at radius 1 is 0.955 bits per heavy atom. The zero-order valence-corrected chi connectivity index (χ0v) is 13.1. The number of ether oxygens (including phenoxy) is 2. The summed E-state index contributed by atoms with van der Waals surface area (Å²) in [5, 5.41) is 0. The van der Waals surface area contributed by atoms with Crippen molar-refractivity contribution < 1.29 is 9.47 Å². The van der Waals surface area contributed by atoms with Crippen molar-refractivity contribution in [2.75, 3.05) is 32.2 Å². The number of hydrogen-bond donors (Lipinski definition) is 0. The first-order valence-corrected chi connectivity index (χ1v) is 7.60. The minimum atomic E-state index is 0.101. The first-order chi connectivity index (χ1) is 10.8. The highest BCUT2D eigenvalue weighted by atomic mass is 16.5. The van der Waals surface area contributed by atoms with E-state index in [1.54, 1.807) is 14.2 Å². The van der Waals surface area contributed by atoms with Crippen LogP contribution in [0.2, 0.25) is 0 Å². The number of rotatable bonds is 5. The molecule has 2 aromatic rings. The van der Waals surface area contributed by atoms with Crippen LogP contribution >= 0.6 is 0 Å². The van der Waals surface area contributed by atoms with Crippen molar-refractivity contribution in [3.8, 4) is 0 Å². The zero-order chi connectivity index (χ0) is 15.4. The Morgan fingerprint density at radius 3 is 2.27 bits per heavy atom. The maximum absolute atomic E-state index is 5.50. The van der Waals surface area contributed by atoms with Crippen molar-refractivity contribution in [3.05, 3.63) is 59.8 Å². The first kappa shape index (κ1) is 15.0. The number of pyridine rings is 1. The predicted molar refractivity (Wildman–Crippen MR) is 87.3 cm³/mol. The quantitative estimate of drug-likeness (QED) is 0.849. The van der Waals surface area contributed by atoms with Crippen LogP contribution in [0, 0.1) is 0 Å². The highest BCUT2D eigenvalue weighted by Gasteiger charge is 2.33. The molecule has 0 spiro atoms. The topological polar surface area (TPSA) is 34.6 Å². The van der Waals surface area contributed by atoms with Crippen molar-refractivity contribution in [2.45, 2.75) is 18.6 Å². The van der Waals surface area contributed by atoms with Crippen molar-refractivity contribution in [1.82, 2.24) is 4.98 Å². The molecule has 116 valence electrons. The Morgan fingerprint density at radius 2 is 1.64 bits per heavy atom. The molecule has 1 saturated heterocycles. The number of methoxy groups -OCH3 is 2. The summed E-state index contributed by atoms with van der Waals surface area (Å²) < 4.78 is 11.0. The molecule has 2 atom stereocenters. The van der Waals surface area contributed by atoms with Gasteiger partial charge in [-0.15, -0.1) is 0 Å². The summed E-state index contributed by atoms with van der Waals surface area (Å²) in [7, 11) is 3.47. The van der Waals surface area contributed by atoms with Crippen LogP contribution in [0.3, 0.4) is 0 Å². The Hall–Kier alpha value is -1.91. The second kappa shape index (κ2) is 6.90. The summed E-state index contributed by atoms with van der Waals surface area (Å²) in [6, 6.07) is 16.6. The van der Waals surface area contributed by atoms with E-state index in [1.807, 2.05) is 6.07 Å². The summed E-state index contributed by atoms with van der Waals surface area (Å²) in [4.78, 5) is 7.04. The molecule has 0 amide bonds. The van der Waals surface area contributed by atoms with Crippen molar-refractivity contribution in [2.24, 2.45) is 0 Å². The highest BCUT2D eigenvalue weighted by molar-refractivity contribution is 5.42. The lowest BCUT2D eigenvalue weighted by molar-refractivity contribution is -0.00461. The Kier molecular flexibility index (Phi) is 4.71. The maximum Gasteiger partial charge on any atom is 0.128 e. The van der Waals surface area contributed by atoms with Gasteiger partial charge in [-0.3, -0.25) is 0 Å². The third-order valence-electron chi connectivity index (χ3n) is 4.16. The van der Waals surface area contributed by atoms with Crippen LogP contribution in [0.25, 0.3) is 0 Å². The third kappa shape index (κ3) is 3.29. The average molecular weight is 298 g/mol. The lowest BCUT2D eigenvalue weighted by Crippen LogP contribution is -2.27. The lowest BCUT2D eigenvalue weighted by atomic mass is 10.1. The molecule has 0 saturated carbocycles. The minimum Gasteiger partial charge on any atom is -0.377 e. The molecule has 0 unspecified atom stereocenters. The maximum atomic E-state index is 5.50. The fourth-order valence-corrected chi connectivity index (χ4v) is 2.93. The van der Waals surface area contributed by atoms with E-state index < -0.39 is 0 Å². The van der Waals surface area contributed by atoms with Crippen LogP contribution < -0.4 is 4.90 Å². The molecule has 0 radical (unpaired) electrons. The zero-order valence-electron chi connectivity index (χ0n) is 13.1. The van der Waals surface area contributed by atoms with E-state index in [1.165, 1.54) is 5.56 Å². The molecule has 0 bridgehead atoms. The molecular formula is C18H22N2O2. The number of anilines is 1. The first-order valence-electron chi connectivity index (χ1n) is 7.60. The van der Waals surface area contributed by atoms with E-state index in [-0.39, 0.29) is 12.2 Å². The molecule has 0 N–H and O–H groups in total. The van der Waals surface area contributed by atoms with Gasteiger partial charge in [0.05, 0.1) is 0 Å². The molecule has 4 heteroatoms. The van der Waals surface area contributed by atoms with E-state index in [0.29, 0.717) is 0 Å². The molecule has 3 rings (SSSR count). The van der Waals surface area contributed by atoms with Crippen LogP contribution in [0.1, 0.15) is 11.3 Å².